The van der Waals surface area contributed by atoms with Gasteiger partial charge in [-0.2, -0.15) is 4.76 Å². The van der Waals surface area contributed by atoms with E-state index in [1.807, 2.05) is 53.5 Å². The van der Waals surface area contributed by atoms with Crippen molar-refractivity contribution < 1.29 is 13.6 Å². The van der Waals surface area contributed by atoms with Gasteiger partial charge in [0.05, 0.1) is 11.2 Å². The van der Waals surface area contributed by atoms with Crippen molar-refractivity contribution in [1.29, 1.82) is 0 Å². The van der Waals surface area contributed by atoms with Crippen LogP contribution in [0, 0.1) is 5.92 Å². The van der Waals surface area contributed by atoms with Gasteiger partial charge in [0.2, 0.25) is 0 Å². The molecule has 0 amide bonds. The van der Waals surface area contributed by atoms with Crippen molar-refractivity contribution in [3.8, 4) is 0 Å². The van der Waals surface area contributed by atoms with Gasteiger partial charge in [0.15, 0.2) is 0 Å². The molecule has 1 fully saturated rings. The van der Waals surface area contributed by atoms with Gasteiger partial charge in [-0.05, 0) is 48.0 Å². The fraction of sp³-hybridized carbons (Fsp3) is 0.929. The van der Waals surface area contributed by atoms with Crippen LogP contribution < -0.4 is 0 Å². The van der Waals surface area contributed by atoms with Crippen LogP contribution in [0.2, 0.25) is 0 Å². The first kappa shape index (κ1) is 17.7. The molecule has 1 unspecified atom stereocenters. The van der Waals surface area contributed by atoms with Crippen molar-refractivity contribution in [3.63, 3.8) is 0 Å². The minimum absolute atomic E-state index is 0.278. The zero-order valence-corrected chi connectivity index (χ0v) is 15.0. The number of nitrogens with zero attached hydrogens (tertiary/aromatic N) is 2. The Balaban J connectivity index is 3.11. The highest BCUT2D eigenvalue weighted by Crippen LogP contribution is 2.56. The molecule has 20 heavy (non-hydrogen) atoms. The van der Waals surface area contributed by atoms with E-state index in [0.29, 0.717) is 0 Å². The lowest BCUT2D eigenvalue weighted by molar-refractivity contribution is 0.0494. The van der Waals surface area contributed by atoms with Crippen LogP contribution in [0.25, 0.3) is 0 Å². The van der Waals surface area contributed by atoms with Crippen molar-refractivity contribution in [2.75, 3.05) is 13.6 Å². The van der Waals surface area contributed by atoms with Crippen LogP contribution in [-0.2, 0) is 13.6 Å². The smallest absolute Gasteiger partial charge is 0.363 e. The molecule has 0 aromatic rings. The number of hydrogen-bond acceptors (Lipinski definition) is 3. The number of likely N-dealkylation sites (tertiary alicyclic amines) is 1. The SMILES string of the molecule is CC1CCN(C)C1=NP(=O)(OC(C)(C)C)OC(C)(C)C. The molecule has 0 radical (unpaired) electrons. The van der Waals surface area contributed by atoms with Gasteiger partial charge in [-0.3, -0.25) is 9.05 Å². The molecule has 0 aliphatic carbocycles. The topological polar surface area (TPSA) is 51.1 Å². The lowest BCUT2D eigenvalue weighted by atomic mass is 10.1. The lowest BCUT2D eigenvalue weighted by Crippen LogP contribution is -2.26. The van der Waals surface area contributed by atoms with Crippen molar-refractivity contribution in [2.45, 2.75) is 66.1 Å². The third kappa shape index (κ3) is 5.55. The summed E-state index contributed by atoms with van der Waals surface area (Å²) in [5, 5.41) is 0. The summed E-state index contributed by atoms with van der Waals surface area (Å²) < 4.78 is 28.8. The summed E-state index contributed by atoms with van der Waals surface area (Å²) in [5.74, 6) is 1.09. The van der Waals surface area contributed by atoms with Gasteiger partial charge in [-0.1, -0.05) is 6.92 Å². The molecule has 0 aromatic heterocycles. The first-order valence-corrected chi connectivity index (χ1v) is 8.64. The zero-order chi connectivity index (χ0) is 15.8. The van der Waals surface area contributed by atoms with E-state index in [2.05, 4.69) is 11.7 Å². The standard InChI is InChI=1S/C14H29N2O3P/c1-11-9-10-16(8)12(11)15-20(17,18-13(2,3)4)19-14(5,6)7/h11H,9-10H2,1-8H3. The van der Waals surface area contributed by atoms with Crippen LogP contribution in [0.5, 0.6) is 0 Å². The normalized spacial score (nSPS) is 23.7. The summed E-state index contributed by atoms with van der Waals surface area (Å²) in [4.78, 5) is 2.02. The van der Waals surface area contributed by atoms with Crippen LogP contribution >= 0.6 is 7.75 Å². The van der Waals surface area contributed by atoms with Crippen LogP contribution in [0.4, 0.5) is 0 Å². The highest BCUT2D eigenvalue weighted by Gasteiger charge is 2.37. The van der Waals surface area contributed by atoms with Crippen molar-refractivity contribution in [1.82, 2.24) is 4.90 Å². The van der Waals surface area contributed by atoms with Crippen molar-refractivity contribution in [2.24, 2.45) is 10.7 Å². The van der Waals surface area contributed by atoms with Gasteiger partial charge in [0.25, 0.3) is 0 Å². The molecule has 0 aromatic carbocycles. The largest absolute Gasteiger partial charge is 0.456 e. The fourth-order valence-corrected chi connectivity index (χ4v) is 4.16. The molecule has 118 valence electrons. The molecule has 0 bridgehead atoms. The number of amidine groups is 1. The molecule has 1 heterocycles. The maximum atomic E-state index is 13.0. The van der Waals surface area contributed by atoms with E-state index in [9.17, 15) is 4.57 Å². The molecule has 0 saturated carbocycles. The Morgan fingerprint density at radius 2 is 1.60 bits per heavy atom. The minimum Gasteiger partial charge on any atom is -0.363 e. The van der Waals surface area contributed by atoms with E-state index in [1.165, 1.54) is 0 Å². The molecule has 5 nitrogen and oxygen atoms in total. The summed E-state index contributed by atoms with van der Waals surface area (Å²) in [6.45, 7) is 14.1. The predicted octanol–water partition coefficient (Wildman–Crippen LogP) is 4.09. The first-order valence-electron chi connectivity index (χ1n) is 7.14. The highest BCUT2D eigenvalue weighted by molar-refractivity contribution is 7.52. The molecular formula is C14H29N2O3P. The average Bonchev–Trinajstić information content (AvgIpc) is 2.42. The monoisotopic (exact) mass is 304 g/mol. The summed E-state index contributed by atoms with van der Waals surface area (Å²) in [5.41, 5.74) is -1.16. The number of hydrogen-bond donors (Lipinski definition) is 0. The Bertz CT molecular complexity index is 389. The van der Waals surface area contributed by atoms with Gasteiger partial charge < -0.3 is 4.90 Å². The van der Waals surface area contributed by atoms with Crippen LogP contribution in [0.3, 0.4) is 0 Å². The summed E-state index contributed by atoms with van der Waals surface area (Å²) >= 11 is 0. The fourth-order valence-electron chi connectivity index (χ4n) is 2.06. The second kappa shape index (κ2) is 5.78. The summed E-state index contributed by atoms with van der Waals surface area (Å²) in [6, 6.07) is 0. The Labute approximate surface area is 123 Å². The van der Waals surface area contributed by atoms with Crippen LogP contribution in [-0.4, -0.2) is 35.5 Å². The van der Waals surface area contributed by atoms with Gasteiger partial charge in [-0.25, -0.2) is 4.57 Å². The van der Waals surface area contributed by atoms with Crippen LogP contribution in [0.1, 0.15) is 54.9 Å². The molecule has 0 N–H and O–H groups in total. The highest BCUT2D eigenvalue weighted by atomic mass is 31.2. The zero-order valence-electron chi connectivity index (χ0n) is 14.1. The van der Waals surface area contributed by atoms with Gasteiger partial charge in [0, 0.05) is 19.5 Å². The molecule has 1 aliphatic rings. The van der Waals surface area contributed by atoms with E-state index in [4.69, 9.17) is 9.05 Å². The van der Waals surface area contributed by atoms with Gasteiger partial charge in [0.1, 0.15) is 5.84 Å². The Morgan fingerprint density at radius 3 is 1.90 bits per heavy atom. The molecule has 0 spiro atoms. The van der Waals surface area contributed by atoms with E-state index in [0.717, 1.165) is 18.8 Å². The quantitative estimate of drug-likeness (QED) is 0.737. The molecular weight excluding hydrogens is 275 g/mol. The predicted molar refractivity (Wildman–Crippen MR) is 83.1 cm³/mol. The summed E-state index contributed by atoms with van der Waals surface area (Å²) in [7, 11) is -1.58. The van der Waals surface area contributed by atoms with Crippen molar-refractivity contribution >= 4 is 13.6 Å². The average molecular weight is 304 g/mol. The van der Waals surface area contributed by atoms with Gasteiger partial charge >= 0.3 is 7.75 Å². The first-order chi connectivity index (χ1) is 8.81. The molecule has 1 saturated heterocycles. The van der Waals surface area contributed by atoms with E-state index >= 15 is 0 Å². The maximum absolute atomic E-state index is 13.0. The maximum Gasteiger partial charge on any atom is 0.456 e. The molecule has 6 heteroatoms. The lowest BCUT2D eigenvalue weighted by Gasteiger charge is -2.30. The second-order valence-electron chi connectivity index (χ2n) is 7.45. The molecule has 1 aliphatic heterocycles. The van der Waals surface area contributed by atoms with E-state index < -0.39 is 18.9 Å². The van der Waals surface area contributed by atoms with Crippen molar-refractivity contribution in [3.05, 3.63) is 0 Å². The molecule has 1 rings (SSSR count). The Morgan fingerprint density at radius 1 is 1.15 bits per heavy atom. The van der Waals surface area contributed by atoms with Crippen LogP contribution in [0.15, 0.2) is 4.76 Å². The summed E-state index contributed by atoms with van der Waals surface area (Å²) in [6.07, 6.45) is 1.01. The number of rotatable bonds is 3. The Kier molecular flexibility index (Phi) is 5.11. The third-order valence-electron chi connectivity index (χ3n) is 2.73. The van der Waals surface area contributed by atoms with Gasteiger partial charge in [-0.15, -0.1) is 0 Å². The second-order valence-corrected chi connectivity index (χ2v) is 8.95. The molecule has 1 atom stereocenters. The van der Waals surface area contributed by atoms with E-state index in [-0.39, 0.29) is 5.92 Å². The van der Waals surface area contributed by atoms with E-state index in [1.54, 1.807) is 0 Å². The Hall–Kier alpha value is -0.380. The minimum atomic E-state index is -3.54. The third-order valence-corrected chi connectivity index (χ3v) is 4.74.